The molecule has 0 bridgehead atoms. The SMILES string of the molecule is CC(c1nc2c(cnn2C2CCOCC2)c(=O)[nH]1)N1CC(Oc2ccc(F)c(Cl)c2C#N)C1.O=C(O)C(F)(F)F. The number of carboxylic acid groups (broad SMARTS) is 1. The number of aromatic amines is 1. The summed E-state index contributed by atoms with van der Waals surface area (Å²) in [6.45, 7) is 4.41. The molecule has 0 radical (unpaired) electrons. The van der Waals surface area contributed by atoms with Crippen molar-refractivity contribution in [2.75, 3.05) is 26.3 Å². The summed E-state index contributed by atoms with van der Waals surface area (Å²) in [5.41, 5.74) is 0.356. The van der Waals surface area contributed by atoms with E-state index in [1.54, 1.807) is 6.20 Å². The number of H-pyrrole nitrogens is 1. The lowest BCUT2D eigenvalue weighted by Crippen LogP contribution is -2.54. The second kappa shape index (κ2) is 11.8. The van der Waals surface area contributed by atoms with Crippen LogP contribution in [-0.2, 0) is 9.53 Å². The molecule has 40 heavy (non-hydrogen) atoms. The number of nitrogens with one attached hydrogen (secondary N) is 1. The van der Waals surface area contributed by atoms with Crippen LogP contribution in [0.3, 0.4) is 0 Å². The molecule has 0 amide bonds. The number of rotatable bonds is 5. The van der Waals surface area contributed by atoms with Gasteiger partial charge in [-0.1, -0.05) is 11.6 Å². The van der Waals surface area contributed by atoms with Crippen molar-refractivity contribution >= 4 is 28.6 Å². The molecule has 11 nitrogen and oxygen atoms in total. The predicted octanol–water partition coefficient (Wildman–Crippen LogP) is 3.59. The van der Waals surface area contributed by atoms with E-state index in [9.17, 15) is 27.6 Å². The van der Waals surface area contributed by atoms with E-state index in [1.807, 2.05) is 17.7 Å². The molecule has 2 aliphatic heterocycles. The molecule has 3 aromatic rings. The summed E-state index contributed by atoms with van der Waals surface area (Å²) in [7, 11) is 0. The average molecular weight is 587 g/mol. The van der Waals surface area contributed by atoms with Crippen LogP contribution >= 0.6 is 11.6 Å². The van der Waals surface area contributed by atoms with Crippen molar-refractivity contribution in [2.24, 2.45) is 0 Å². The Balaban J connectivity index is 0.000000470. The normalized spacial score (nSPS) is 17.4. The molecule has 1 aromatic carbocycles. The van der Waals surface area contributed by atoms with Gasteiger partial charge in [0.2, 0.25) is 0 Å². The lowest BCUT2D eigenvalue weighted by Gasteiger charge is -2.42. The zero-order chi connectivity index (χ0) is 29.2. The van der Waals surface area contributed by atoms with Gasteiger partial charge in [-0.15, -0.1) is 0 Å². The second-order valence-corrected chi connectivity index (χ2v) is 9.52. The van der Waals surface area contributed by atoms with Crippen LogP contribution in [0, 0.1) is 17.1 Å². The van der Waals surface area contributed by atoms with Crippen LogP contribution in [0.25, 0.3) is 11.0 Å². The van der Waals surface area contributed by atoms with E-state index >= 15 is 0 Å². The molecule has 2 N–H and O–H groups in total. The van der Waals surface area contributed by atoms with Crippen LogP contribution in [0.4, 0.5) is 17.6 Å². The Labute approximate surface area is 228 Å². The van der Waals surface area contributed by atoms with Crippen molar-refractivity contribution in [3.63, 3.8) is 0 Å². The zero-order valence-electron chi connectivity index (χ0n) is 20.9. The standard InChI is InChI=1S/C22H22ClFN6O3.C2HF3O2/c1-12(29-10-14(11-29)33-18-3-2-17(24)19(23)15(18)8-25)20-27-21-16(22(31)28-20)9-26-30(21)13-4-6-32-7-5-13;3-2(4,5)1(6)7/h2-3,9,12-14H,4-7,10-11H2,1H3,(H,27,28,31);(H,6,7). The van der Waals surface area contributed by atoms with Crippen LogP contribution in [0.5, 0.6) is 5.75 Å². The summed E-state index contributed by atoms with van der Waals surface area (Å²) in [5.74, 6) is -2.60. The molecule has 2 saturated heterocycles. The molecule has 1 atom stereocenters. The Kier molecular flexibility index (Phi) is 8.62. The number of carboxylic acids is 1. The number of fused-ring (bicyclic) bond motifs is 1. The molecule has 0 spiro atoms. The number of aliphatic carboxylic acids is 1. The zero-order valence-corrected chi connectivity index (χ0v) is 21.7. The van der Waals surface area contributed by atoms with Gasteiger partial charge in [0.05, 0.1) is 23.3 Å². The molecule has 214 valence electrons. The minimum Gasteiger partial charge on any atom is -0.486 e. The number of carbonyl (C=O) groups is 1. The third-order valence-corrected chi connectivity index (χ3v) is 6.91. The molecule has 2 aromatic heterocycles. The maximum Gasteiger partial charge on any atom is 0.490 e. The van der Waals surface area contributed by atoms with Crippen LogP contribution in [-0.4, -0.2) is 74.3 Å². The van der Waals surface area contributed by atoms with E-state index < -0.39 is 18.0 Å². The Bertz CT molecular complexity index is 1490. The van der Waals surface area contributed by atoms with Gasteiger partial charge >= 0.3 is 12.1 Å². The number of ether oxygens (including phenoxy) is 2. The molecule has 0 aliphatic carbocycles. The third-order valence-electron chi connectivity index (χ3n) is 6.54. The van der Waals surface area contributed by atoms with Gasteiger partial charge in [0, 0.05) is 26.3 Å². The Morgan fingerprint density at radius 1 is 1.32 bits per heavy atom. The lowest BCUT2D eigenvalue weighted by atomic mass is 10.1. The van der Waals surface area contributed by atoms with Gasteiger partial charge in [0.25, 0.3) is 5.56 Å². The lowest BCUT2D eigenvalue weighted by molar-refractivity contribution is -0.192. The highest BCUT2D eigenvalue weighted by Gasteiger charge is 2.38. The molecule has 16 heteroatoms. The van der Waals surface area contributed by atoms with Gasteiger partial charge in [-0.3, -0.25) is 9.69 Å². The van der Waals surface area contributed by atoms with E-state index in [2.05, 4.69) is 15.0 Å². The van der Waals surface area contributed by atoms with Crippen molar-refractivity contribution < 1.29 is 36.9 Å². The topological polar surface area (TPSA) is 146 Å². The summed E-state index contributed by atoms with van der Waals surface area (Å²) in [6.07, 6.45) is -2.04. The quantitative estimate of drug-likeness (QED) is 0.428. The first-order valence-electron chi connectivity index (χ1n) is 12.0. The fourth-order valence-electron chi connectivity index (χ4n) is 4.30. The van der Waals surface area contributed by atoms with E-state index in [4.69, 9.17) is 36.0 Å². The maximum absolute atomic E-state index is 13.6. The summed E-state index contributed by atoms with van der Waals surface area (Å²) in [4.78, 5) is 31.3. The molecule has 0 saturated carbocycles. The number of hydrogen-bond donors (Lipinski definition) is 2. The molecular weight excluding hydrogens is 564 g/mol. The number of halogens is 5. The molecular formula is C24H23ClF4N6O5. The van der Waals surface area contributed by atoms with Crippen molar-refractivity contribution in [2.45, 2.75) is 44.1 Å². The first kappa shape index (κ1) is 29.2. The third kappa shape index (κ3) is 6.19. The Morgan fingerprint density at radius 2 is 1.98 bits per heavy atom. The van der Waals surface area contributed by atoms with Gasteiger partial charge in [-0.05, 0) is 31.9 Å². The smallest absolute Gasteiger partial charge is 0.486 e. The van der Waals surface area contributed by atoms with E-state index in [-0.39, 0.29) is 40.1 Å². The minimum absolute atomic E-state index is 0.0130. The average Bonchev–Trinajstić information content (AvgIpc) is 3.33. The number of likely N-dealkylation sites (tertiary alicyclic amines) is 1. The number of hydrogen-bond acceptors (Lipinski definition) is 8. The van der Waals surface area contributed by atoms with Gasteiger partial charge in [0.15, 0.2) is 5.65 Å². The monoisotopic (exact) mass is 586 g/mol. The van der Waals surface area contributed by atoms with E-state index in [0.717, 1.165) is 12.8 Å². The largest absolute Gasteiger partial charge is 0.490 e. The van der Waals surface area contributed by atoms with Gasteiger partial charge in [-0.2, -0.15) is 23.5 Å². The molecule has 5 rings (SSSR count). The predicted molar refractivity (Wildman–Crippen MR) is 131 cm³/mol. The van der Waals surface area contributed by atoms with Crippen LogP contribution in [0.15, 0.2) is 23.1 Å². The Morgan fingerprint density at radius 3 is 2.58 bits per heavy atom. The fraction of sp³-hybridized carbons (Fsp3) is 0.458. The minimum atomic E-state index is -5.08. The maximum atomic E-state index is 13.6. The number of nitriles is 1. The summed E-state index contributed by atoms with van der Waals surface area (Å²) in [5, 5.41) is 21.1. The van der Waals surface area contributed by atoms with Crippen LogP contribution in [0.2, 0.25) is 5.02 Å². The van der Waals surface area contributed by atoms with Crippen LogP contribution in [0.1, 0.15) is 43.2 Å². The fourth-order valence-corrected chi connectivity index (χ4v) is 4.49. The summed E-state index contributed by atoms with van der Waals surface area (Å²) in [6, 6.07) is 4.49. The second-order valence-electron chi connectivity index (χ2n) is 9.14. The van der Waals surface area contributed by atoms with Crippen molar-refractivity contribution in [1.82, 2.24) is 24.6 Å². The molecule has 4 heterocycles. The van der Waals surface area contributed by atoms with Gasteiger partial charge in [-0.25, -0.2) is 18.9 Å². The van der Waals surface area contributed by atoms with Crippen LogP contribution < -0.4 is 10.3 Å². The molecule has 1 unspecified atom stereocenters. The van der Waals surface area contributed by atoms with Crippen molar-refractivity contribution in [3.05, 3.63) is 50.9 Å². The number of alkyl halides is 3. The van der Waals surface area contributed by atoms with Gasteiger partial charge < -0.3 is 19.6 Å². The highest BCUT2D eigenvalue weighted by atomic mass is 35.5. The first-order valence-corrected chi connectivity index (χ1v) is 12.4. The first-order chi connectivity index (χ1) is 18.9. The Hall–Kier alpha value is -3.74. The molecule has 2 fully saturated rings. The van der Waals surface area contributed by atoms with E-state index in [0.29, 0.717) is 43.2 Å². The number of nitrogens with zero attached hydrogens (tertiary/aromatic N) is 5. The van der Waals surface area contributed by atoms with Gasteiger partial charge in [0.1, 0.15) is 40.5 Å². The summed E-state index contributed by atoms with van der Waals surface area (Å²) >= 11 is 5.88. The van der Waals surface area contributed by atoms with E-state index in [1.165, 1.54) is 12.1 Å². The highest BCUT2D eigenvalue weighted by Crippen LogP contribution is 2.32. The number of aromatic nitrogens is 4. The number of benzene rings is 1. The van der Waals surface area contributed by atoms with Crippen molar-refractivity contribution in [3.8, 4) is 11.8 Å². The summed E-state index contributed by atoms with van der Waals surface area (Å²) < 4.78 is 58.5. The highest BCUT2D eigenvalue weighted by molar-refractivity contribution is 6.32. The van der Waals surface area contributed by atoms with Crippen molar-refractivity contribution in [1.29, 1.82) is 5.26 Å². The molecule has 2 aliphatic rings.